The summed E-state index contributed by atoms with van der Waals surface area (Å²) in [4.78, 5) is 43.9. The molecule has 242 valence electrons. The predicted molar refractivity (Wildman–Crippen MR) is 190 cm³/mol. The Balaban J connectivity index is 1.46. The number of anilines is 3. The van der Waals surface area contributed by atoms with Gasteiger partial charge < -0.3 is 19.9 Å². The number of para-hydroxylation sites is 1. The molecular weight excluding hydrogens is 611 g/mol. The number of carbonyl (C=O) groups is 1. The van der Waals surface area contributed by atoms with Crippen molar-refractivity contribution in [3.05, 3.63) is 112 Å². The SMILES string of the molecule is CSc1ncc2cc(C3CNc4cccc(C)c4N3C(=O)OCc3ccccc3)c(=O)n(-c3ccc(N(C)CCN(C)C)cc3)c2n1. The topological polar surface area (TPSA) is 95.8 Å². The second-order valence-electron chi connectivity index (χ2n) is 11.9. The molecule has 5 aromatic rings. The summed E-state index contributed by atoms with van der Waals surface area (Å²) in [7, 11) is 6.16. The van der Waals surface area contributed by atoms with Gasteiger partial charge in [0.2, 0.25) is 0 Å². The number of hydrogen-bond donors (Lipinski definition) is 1. The van der Waals surface area contributed by atoms with Gasteiger partial charge in [0.25, 0.3) is 5.56 Å². The van der Waals surface area contributed by atoms with Crippen LogP contribution in [0.5, 0.6) is 0 Å². The largest absolute Gasteiger partial charge is 0.444 e. The lowest BCUT2D eigenvalue weighted by Gasteiger charge is -2.38. The van der Waals surface area contributed by atoms with Gasteiger partial charge in [0.1, 0.15) is 6.61 Å². The Kier molecular flexibility index (Phi) is 9.46. The van der Waals surface area contributed by atoms with Gasteiger partial charge in [-0.05, 0) is 74.8 Å². The van der Waals surface area contributed by atoms with Crippen LogP contribution >= 0.6 is 11.8 Å². The molecule has 1 N–H and O–H groups in total. The number of aryl methyl sites for hydroxylation is 1. The van der Waals surface area contributed by atoms with Crippen LogP contribution in [0.3, 0.4) is 0 Å². The van der Waals surface area contributed by atoms with E-state index in [-0.39, 0.29) is 12.2 Å². The maximum Gasteiger partial charge on any atom is 0.415 e. The molecular formula is C36H39N7O3S. The Labute approximate surface area is 279 Å². The van der Waals surface area contributed by atoms with Gasteiger partial charge >= 0.3 is 6.09 Å². The van der Waals surface area contributed by atoms with Gasteiger partial charge in [-0.15, -0.1) is 0 Å². The Morgan fingerprint density at radius 2 is 1.79 bits per heavy atom. The molecule has 47 heavy (non-hydrogen) atoms. The number of benzene rings is 3. The fraction of sp³-hybridized carbons (Fsp3) is 0.278. The molecule has 2 aromatic heterocycles. The zero-order valence-electron chi connectivity index (χ0n) is 27.3. The molecule has 1 aliphatic rings. The number of aromatic nitrogens is 3. The van der Waals surface area contributed by atoms with Crippen molar-refractivity contribution in [3.63, 3.8) is 0 Å². The van der Waals surface area contributed by atoms with Crippen molar-refractivity contribution in [3.8, 4) is 5.69 Å². The Morgan fingerprint density at radius 3 is 2.51 bits per heavy atom. The normalized spacial score (nSPS) is 14.2. The van der Waals surface area contributed by atoms with Crippen molar-refractivity contribution in [1.82, 2.24) is 19.4 Å². The molecule has 1 unspecified atom stereocenters. The molecule has 10 nitrogen and oxygen atoms in total. The fourth-order valence-corrected chi connectivity index (χ4v) is 6.18. The third-order valence-corrected chi connectivity index (χ3v) is 8.96. The molecule has 0 spiro atoms. The first-order valence-electron chi connectivity index (χ1n) is 15.5. The van der Waals surface area contributed by atoms with Gasteiger partial charge in [-0.25, -0.2) is 14.8 Å². The third kappa shape index (κ3) is 6.68. The highest BCUT2D eigenvalue weighted by atomic mass is 32.2. The van der Waals surface area contributed by atoms with Crippen molar-refractivity contribution in [2.45, 2.75) is 24.7 Å². The van der Waals surface area contributed by atoms with Gasteiger partial charge in [-0.2, -0.15) is 0 Å². The number of amides is 1. The van der Waals surface area contributed by atoms with E-state index in [1.807, 2.05) is 92.0 Å². The van der Waals surface area contributed by atoms with E-state index in [0.29, 0.717) is 39.7 Å². The smallest absolute Gasteiger partial charge is 0.415 e. The monoisotopic (exact) mass is 649 g/mol. The number of thioether (sulfide) groups is 1. The van der Waals surface area contributed by atoms with E-state index >= 15 is 0 Å². The molecule has 3 heterocycles. The van der Waals surface area contributed by atoms with E-state index in [9.17, 15) is 9.59 Å². The Morgan fingerprint density at radius 1 is 1.02 bits per heavy atom. The van der Waals surface area contributed by atoms with E-state index < -0.39 is 12.1 Å². The minimum Gasteiger partial charge on any atom is -0.444 e. The second-order valence-corrected chi connectivity index (χ2v) is 12.7. The zero-order chi connectivity index (χ0) is 33.1. The molecule has 1 aliphatic heterocycles. The fourth-order valence-electron chi connectivity index (χ4n) is 5.85. The molecule has 0 fully saturated rings. The Hall–Kier alpha value is -4.87. The summed E-state index contributed by atoms with van der Waals surface area (Å²) in [6.07, 6.45) is 3.12. The number of fused-ring (bicyclic) bond motifs is 2. The van der Waals surface area contributed by atoms with Crippen LogP contribution in [-0.2, 0) is 11.3 Å². The maximum absolute atomic E-state index is 14.7. The van der Waals surface area contributed by atoms with Crippen LogP contribution in [0.2, 0.25) is 0 Å². The third-order valence-electron chi connectivity index (χ3n) is 8.40. The highest BCUT2D eigenvalue weighted by molar-refractivity contribution is 7.98. The first kappa shape index (κ1) is 32.1. The number of nitrogens with zero attached hydrogens (tertiary/aromatic N) is 6. The lowest BCUT2D eigenvalue weighted by Crippen LogP contribution is -2.45. The van der Waals surface area contributed by atoms with E-state index in [2.05, 4.69) is 41.2 Å². The number of likely N-dealkylation sites (N-methyl/N-ethyl adjacent to an activating group) is 2. The molecule has 11 heteroatoms. The summed E-state index contributed by atoms with van der Waals surface area (Å²) >= 11 is 1.41. The van der Waals surface area contributed by atoms with E-state index in [1.165, 1.54) is 11.8 Å². The van der Waals surface area contributed by atoms with Crippen molar-refractivity contribution < 1.29 is 9.53 Å². The van der Waals surface area contributed by atoms with Crippen LogP contribution in [0.4, 0.5) is 21.9 Å². The first-order valence-corrected chi connectivity index (χ1v) is 16.7. The molecule has 0 saturated carbocycles. The summed E-state index contributed by atoms with van der Waals surface area (Å²) in [5.74, 6) is 0. The van der Waals surface area contributed by atoms with E-state index in [4.69, 9.17) is 9.72 Å². The molecule has 3 aromatic carbocycles. The van der Waals surface area contributed by atoms with Crippen LogP contribution in [0.25, 0.3) is 16.7 Å². The van der Waals surface area contributed by atoms with Crippen LogP contribution in [0.1, 0.15) is 22.7 Å². The molecule has 1 amide bonds. The molecule has 0 bridgehead atoms. The highest BCUT2D eigenvalue weighted by Gasteiger charge is 2.36. The highest BCUT2D eigenvalue weighted by Crippen LogP contribution is 2.40. The average molecular weight is 650 g/mol. The lowest BCUT2D eigenvalue weighted by molar-refractivity contribution is 0.144. The van der Waals surface area contributed by atoms with Crippen molar-refractivity contribution >= 4 is 46.0 Å². The number of carbonyl (C=O) groups excluding carboxylic acids is 1. The standard InChI is InChI=1S/C36H39N7O3S/c1-24-10-9-13-30-32(24)43(36(45)46-23-25-11-7-6-8-12-25)31(22-37-30)29-20-26-21-38-35(47-5)39-33(26)42(34(29)44)28-16-14-27(15-17-28)41(4)19-18-40(2)3/h6-17,20-21,31,37H,18-19,22-23H2,1-5H3. The molecule has 0 saturated heterocycles. The number of rotatable bonds is 9. The van der Waals surface area contributed by atoms with Crippen LogP contribution < -0.4 is 20.7 Å². The van der Waals surface area contributed by atoms with Gasteiger partial charge in [0.05, 0.1) is 23.1 Å². The van der Waals surface area contributed by atoms with E-state index in [0.717, 1.165) is 35.6 Å². The van der Waals surface area contributed by atoms with Gasteiger partial charge in [-0.1, -0.05) is 54.2 Å². The average Bonchev–Trinajstić information content (AvgIpc) is 3.09. The molecule has 0 radical (unpaired) electrons. The number of nitrogens with one attached hydrogen (secondary N) is 1. The molecule has 1 atom stereocenters. The number of pyridine rings is 1. The number of ether oxygens (including phenoxy) is 1. The first-order chi connectivity index (χ1) is 22.7. The lowest BCUT2D eigenvalue weighted by atomic mass is 9.99. The summed E-state index contributed by atoms with van der Waals surface area (Å²) in [5, 5.41) is 4.72. The van der Waals surface area contributed by atoms with Crippen LogP contribution in [-0.4, -0.2) is 72.6 Å². The summed E-state index contributed by atoms with van der Waals surface area (Å²) in [5.41, 5.74) is 5.65. The summed E-state index contributed by atoms with van der Waals surface area (Å²) in [6, 6.07) is 24.5. The number of hydrogen-bond acceptors (Lipinski definition) is 9. The summed E-state index contributed by atoms with van der Waals surface area (Å²) < 4.78 is 7.52. The van der Waals surface area contributed by atoms with Crippen LogP contribution in [0, 0.1) is 6.92 Å². The zero-order valence-corrected chi connectivity index (χ0v) is 28.1. The minimum absolute atomic E-state index is 0.111. The van der Waals surface area contributed by atoms with Gasteiger partial charge in [0.15, 0.2) is 10.8 Å². The Bertz CT molecular complexity index is 1950. The van der Waals surface area contributed by atoms with E-state index in [1.54, 1.807) is 15.7 Å². The van der Waals surface area contributed by atoms with Crippen molar-refractivity contribution in [2.75, 3.05) is 62.1 Å². The van der Waals surface area contributed by atoms with Crippen molar-refractivity contribution in [1.29, 1.82) is 0 Å². The summed E-state index contributed by atoms with van der Waals surface area (Å²) in [6.45, 7) is 4.16. The molecule has 6 rings (SSSR count). The predicted octanol–water partition coefficient (Wildman–Crippen LogP) is 6.12. The maximum atomic E-state index is 14.7. The minimum atomic E-state index is -0.660. The quantitative estimate of drug-likeness (QED) is 0.150. The van der Waals surface area contributed by atoms with Crippen LogP contribution in [0.15, 0.2) is 95.0 Å². The van der Waals surface area contributed by atoms with Gasteiger partial charge in [-0.3, -0.25) is 14.3 Å². The van der Waals surface area contributed by atoms with Crippen molar-refractivity contribution in [2.24, 2.45) is 0 Å². The second kappa shape index (κ2) is 13.9. The van der Waals surface area contributed by atoms with Gasteiger partial charge in [0, 0.05) is 49.5 Å². The molecule has 0 aliphatic carbocycles.